The summed E-state index contributed by atoms with van der Waals surface area (Å²) in [5, 5.41) is 9.91. The van der Waals surface area contributed by atoms with E-state index >= 15 is 0 Å². The molecule has 0 unspecified atom stereocenters. The SMILES string of the molecule is O=C(O)[C@@H]1CCCN(C(=O)c2cc3ccc(F)cc3s2)C1. The maximum Gasteiger partial charge on any atom is 0.308 e. The van der Waals surface area contributed by atoms with Crippen LogP contribution >= 0.6 is 11.3 Å². The van der Waals surface area contributed by atoms with Crippen LogP contribution in [0.4, 0.5) is 4.39 Å². The van der Waals surface area contributed by atoms with Gasteiger partial charge in [0.2, 0.25) is 0 Å². The Labute approximate surface area is 124 Å². The Kier molecular flexibility index (Phi) is 3.63. The molecule has 1 aliphatic heterocycles. The molecule has 3 rings (SSSR count). The molecule has 21 heavy (non-hydrogen) atoms. The highest BCUT2D eigenvalue weighted by Crippen LogP contribution is 2.28. The van der Waals surface area contributed by atoms with Gasteiger partial charge in [0.25, 0.3) is 5.91 Å². The number of aliphatic carboxylic acids is 1. The van der Waals surface area contributed by atoms with Gasteiger partial charge in [-0.2, -0.15) is 0 Å². The lowest BCUT2D eigenvalue weighted by molar-refractivity contribution is -0.143. The zero-order chi connectivity index (χ0) is 15.0. The van der Waals surface area contributed by atoms with Crippen molar-refractivity contribution in [3.8, 4) is 0 Å². The van der Waals surface area contributed by atoms with Crippen LogP contribution in [0.1, 0.15) is 22.5 Å². The Morgan fingerprint density at radius 1 is 1.33 bits per heavy atom. The summed E-state index contributed by atoms with van der Waals surface area (Å²) in [5.74, 6) is -1.84. The number of amides is 1. The first-order chi connectivity index (χ1) is 10.0. The van der Waals surface area contributed by atoms with Gasteiger partial charge in [-0.15, -0.1) is 11.3 Å². The predicted octanol–water partition coefficient (Wildman–Crippen LogP) is 2.98. The predicted molar refractivity (Wildman–Crippen MR) is 78.0 cm³/mol. The molecule has 1 N–H and O–H groups in total. The lowest BCUT2D eigenvalue weighted by Crippen LogP contribution is -2.42. The molecule has 1 aromatic carbocycles. The smallest absolute Gasteiger partial charge is 0.308 e. The number of halogens is 1. The van der Waals surface area contributed by atoms with Gasteiger partial charge in [0.05, 0.1) is 10.8 Å². The van der Waals surface area contributed by atoms with E-state index in [0.29, 0.717) is 24.3 Å². The monoisotopic (exact) mass is 307 g/mol. The van der Waals surface area contributed by atoms with Crippen LogP contribution in [0.2, 0.25) is 0 Å². The molecule has 4 nitrogen and oxygen atoms in total. The van der Waals surface area contributed by atoms with Crippen molar-refractivity contribution in [2.75, 3.05) is 13.1 Å². The highest BCUT2D eigenvalue weighted by molar-refractivity contribution is 7.20. The molecule has 1 aliphatic rings. The Morgan fingerprint density at radius 2 is 2.14 bits per heavy atom. The number of carbonyl (C=O) groups excluding carboxylic acids is 1. The van der Waals surface area contributed by atoms with Crippen molar-refractivity contribution in [2.45, 2.75) is 12.8 Å². The summed E-state index contributed by atoms with van der Waals surface area (Å²) in [6.45, 7) is 0.821. The Balaban J connectivity index is 1.84. The minimum absolute atomic E-state index is 0.164. The van der Waals surface area contributed by atoms with E-state index in [1.165, 1.54) is 23.5 Å². The van der Waals surface area contributed by atoms with Gasteiger partial charge in [0.1, 0.15) is 5.82 Å². The molecule has 0 bridgehead atoms. The first kappa shape index (κ1) is 14.0. The summed E-state index contributed by atoms with van der Waals surface area (Å²) in [6.07, 6.45) is 1.30. The molecule has 6 heteroatoms. The molecule has 2 heterocycles. The van der Waals surface area contributed by atoms with Gasteiger partial charge in [-0.3, -0.25) is 9.59 Å². The fourth-order valence-corrected chi connectivity index (χ4v) is 3.68. The normalized spacial score (nSPS) is 18.9. The van der Waals surface area contributed by atoms with Crippen LogP contribution in [0.3, 0.4) is 0 Å². The van der Waals surface area contributed by atoms with Gasteiger partial charge in [-0.25, -0.2) is 4.39 Å². The molecule has 0 spiro atoms. The van der Waals surface area contributed by atoms with Crippen LogP contribution in [0.5, 0.6) is 0 Å². The number of carboxylic acid groups (broad SMARTS) is 1. The first-order valence-electron chi connectivity index (χ1n) is 6.76. The van der Waals surface area contributed by atoms with Gasteiger partial charge >= 0.3 is 5.97 Å². The molecule has 0 radical (unpaired) electrons. The van der Waals surface area contributed by atoms with Gasteiger partial charge < -0.3 is 10.0 Å². The lowest BCUT2D eigenvalue weighted by atomic mass is 9.98. The van der Waals surface area contributed by atoms with Crippen LogP contribution in [0.25, 0.3) is 10.1 Å². The maximum absolute atomic E-state index is 13.2. The van der Waals surface area contributed by atoms with Gasteiger partial charge in [-0.1, -0.05) is 6.07 Å². The van der Waals surface area contributed by atoms with Gasteiger partial charge in [0, 0.05) is 17.8 Å². The van der Waals surface area contributed by atoms with E-state index in [2.05, 4.69) is 0 Å². The largest absolute Gasteiger partial charge is 0.481 e. The first-order valence-corrected chi connectivity index (χ1v) is 7.57. The number of benzene rings is 1. The van der Waals surface area contributed by atoms with E-state index in [-0.39, 0.29) is 18.3 Å². The van der Waals surface area contributed by atoms with Crippen molar-refractivity contribution < 1.29 is 19.1 Å². The second-order valence-electron chi connectivity index (χ2n) is 5.22. The molecule has 1 atom stereocenters. The highest BCUT2D eigenvalue weighted by Gasteiger charge is 2.29. The highest BCUT2D eigenvalue weighted by atomic mass is 32.1. The van der Waals surface area contributed by atoms with Crippen LogP contribution in [-0.2, 0) is 4.79 Å². The molecule has 1 aromatic heterocycles. The number of hydrogen-bond acceptors (Lipinski definition) is 3. The number of hydrogen-bond donors (Lipinski definition) is 1. The number of piperidine rings is 1. The average Bonchev–Trinajstić information content (AvgIpc) is 2.89. The average molecular weight is 307 g/mol. The molecule has 110 valence electrons. The van der Waals surface area contributed by atoms with Crippen LogP contribution < -0.4 is 0 Å². The fourth-order valence-electron chi connectivity index (χ4n) is 2.63. The molecular formula is C15H14FNO3S. The topological polar surface area (TPSA) is 57.6 Å². The summed E-state index contributed by atoms with van der Waals surface area (Å²) >= 11 is 1.24. The Hall–Kier alpha value is -1.95. The molecule has 0 aliphatic carbocycles. The van der Waals surface area contributed by atoms with Gasteiger partial charge in [0.15, 0.2) is 0 Å². The van der Waals surface area contributed by atoms with Crippen molar-refractivity contribution in [3.63, 3.8) is 0 Å². The Bertz CT molecular complexity index is 712. The molecule has 1 saturated heterocycles. The quantitative estimate of drug-likeness (QED) is 0.928. The molecular weight excluding hydrogens is 293 g/mol. The number of rotatable bonds is 2. The Morgan fingerprint density at radius 3 is 2.90 bits per heavy atom. The summed E-state index contributed by atoms with van der Waals surface area (Å²) in [4.78, 5) is 25.6. The summed E-state index contributed by atoms with van der Waals surface area (Å²) in [6, 6.07) is 6.16. The number of fused-ring (bicyclic) bond motifs is 1. The standard InChI is InChI=1S/C15H14FNO3S/c16-11-4-3-9-6-13(21-12(9)7-11)14(18)17-5-1-2-10(8-17)15(19)20/h3-4,6-7,10H,1-2,5,8H2,(H,19,20)/t10-/m1/s1. The van der Waals surface area contributed by atoms with Crippen LogP contribution in [0.15, 0.2) is 24.3 Å². The van der Waals surface area contributed by atoms with Crippen LogP contribution in [0, 0.1) is 11.7 Å². The zero-order valence-corrected chi connectivity index (χ0v) is 12.0. The minimum atomic E-state index is -0.856. The summed E-state index contributed by atoms with van der Waals surface area (Å²) in [5.41, 5.74) is 0. The molecule has 1 amide bonds. The molecule has 2 aromatic rings. The molecule has 0 saturated carbocycles. The third-order valence-electron chi connectivity index (χ3n) is 3.75. The number of thiophene rings is 1. The number of nitrogens with zero attached hydrogens (tertiary/aromatic N) is 1. The third kappa shape index (κ3) is 2.76. The van der Waals surface area contributed by atoms with Crippen LogP contribution in [-0.4, -0.2) is 35.0 Å². The van der Waals surface area contributed by atoms with E-state index in [9.17, 15) is 14.0 Å². The van der Waals surface area contributed by atoms with Crippen molar-refractivity contribution >= 4 is 33.3 Å². The molecule has 1 fully saturated rings. The van der Waals surface area contributed by atoms with E-state index in [4.69, 9.17) is 5.11 Å². The van der Waals surface area contributed by atoms with E-state index in [1.807, 2.05) is 0 Å². The fraction of sp³-hybridized carbons (Fsp3) is 0.333. The van der Waals surface area contributed by atoms with Gasteiger partial charge in [-0.05, 0) is 36.4 Å². The number of likely N-dealkylation sites (tertiary alicyclic amines) is 1. The number of carboxylic acids is 1. The second kappa shape index (κ2) is 5.44. The van der Waals surface area contributed by atoms with Crippen molar-refractivity contribution in [1.82, 2.24) is 4.90 Å². The third-order valence-corrected chi connectivity index (χ3v) is 4.84. The maximum atomic E-state index is 13.2. The second-order valence-corrected chi connectivity index (χ2v) is 6.31. The summed E-state index contributed by atoms with van der Waals surface area (Å²) in [7, 11) is 0. The minimum Gasteiger partial charge on any atom is -0.481 e. The van der Waals surface area contributed by atoms with E-state index < -0.39 is 11.9 Å². The van der Waals surface area contributed by atoms with Crippen molar-refractivity contribution in [2.24, 2.45) is 5.92 Å². The van der Waals surface area contributed by atoms with Crippen molar-refractivity contribution in [1.29, 1.82) is 0 Å². The van der Waals surface area contributed by atoms with E-state index in [0.717, 1.165) is 10.1 Å². The summed E-state index contributed by atoms with van der Waals surface area (Å²) < 4.78 is 13.9. The number of carbonyl (C=O) groups is 2. The zero-order valence-electron chi connectivity index (χ0n) is 11.2. The van der Waals surface area contributed by atoms with Crippen molar-refractivity contribution in [3.05, 3.63) is 35.0 Å². The van der Waals surface area contributed by atoms with E-state index in [1.54, 1.807) is 17.0 Å². The lowest BCUT2D eigenvalue weighted by Gasteiger charge is -2.30.